The molecule has 0 unspecified atom stereocenters. The van der Waals surface area contributed by atoms with E-state index in [1.54, 1.807) is 0 Å². The van der Waals surface area contributed by atoms with E-state index >= 15 is 0 Å². The SMILES string of the molecule is COC(=O)c1cc(NC(=O)/C=C/c2cc(Br)ccc2F)c(F)cc1F. The van der Waals surface area contributed by atoms with Gasteiger partial charge >= 0.3 is 5.97 Å². The molecule has 0 saturated heterocycles. The van der Waals surface area contributed by atoms with Gasteiger partial charge in [-0.1, -0.05) is 15.9 Å². The summed E-state index contributed by atoms with van der Waals surface area (Å²) < 4.78 is 45.8. The topological polar surface area (TPSA) is 55.4 Å². The highest BCUT2D eigenvalue weighted by Crippen LogP contribution is 2.21. The smallest absolute Gasteiger partial charge is 0.340 e. The third-order valence-corrected chi connectivity index (χ3v) is 3.59. The van der Waals surface area contributed by atoms with E-state index in [0.717, 1.165) is 19.3 Å². The molecule has 0 aromatic heterocycles. The lowest BCUT2D eigenvalue weighted by Crippen LogP contribution is -2.12. The number of hydrogen-bond acceptors (Lipinski definition) is 3. The first kappa shape index (κ1) is 18.7. The molecular weight excluding hydrogens is 403 g/mol. The van der Waals surface area contributed by atoms with Crippen LogP contribution in [0, 0.1) is 17.5 Å². The average Bonchev–Trinajstić information content (AvgIpc) is 2.57. The van der Waals surface area contributed by atoms with E-state index < -0.39 is 40.6 Å². The van der Waals surface area contributed by atoms with E-state index in [9.17, 15) is 22.8 Å². The highest BCUT2D eigenvalue weighted by atomic mass is 79.9. The average molecular weight is 414 g/mol. The van der Waals surface area contributed by atoms with Crippen molar-refractivity contribution in [2.75, 3.05) is 12.4 Å². The van der Waals surface area contributed by atoms with Crippen LogP contribution in [0.5, 0.6) is 0 Å². The van der Waals surface area contributed by atoms with E-state index in [-0.39, 0.29) is 5.56 Å². The van der Waals surface area contributed by atoms with Crippen molar-refractivity contribution < 1.29 is 27.5 Å². The van der Waals surface area contributed by atoms with Gasteiger partial charge in [-0.15, -0.1) is 0 Å². The van der Waals surface area contributed by atoms with Gasteiger partial charge < -0.3 is 10.1 Å². The number of ether oxygens (including phenoxy) is 1. The minimum absolute atomic E-state index is 0.138. The van der Waals surface area contributed by atoms with E-state index in [2.05, 4.69) is 26.0 Å². The summed E-state index contributed by atoms with van der Waals surface area (Å²) in [6, 6.07) is 5.44. The number of nitrogens with one attached hydrogen (secondary N) is 1. The second-order valence-electron chi connectivity index (χ2n) is 4.79. The summed E-state index contributed by atoms with van der Waals surface area (Å²) in [6.45, 7) is 0. The summed E-state index contributed by atoms with van der Waals surface area (Å²) in [7, 11) is 1.04. The molecule has 0 radical (unpaired) electrons. The molecule has 0 bridgehead atoms. The van der Waals surface area contributed by atoms with Gasteiger partial charge in [0.25, 0.3) is 0 Å². The zero-order valence-corrected chi connectivity index (χ0v) is 14.4. The zero-order chi connectivity index (χ0) is 18.6. The number of carbonyl (C=O) groups excluding carboxylic acids is 2. The number of methoxy groups -OCH3 is 1. The number of esters is 1. The molecule has 0 aliphatic rings. The summed E-state index contributed by atoms with van der Waals surface area (Å²) in [4.78, 5) is 23.3. The summed E-state index contributed by atoms with van der Waals surface area (Å²) in [5.41, 5.74) is -0.799. The Bertz CT molecular complexity index is 868. The van der Waals surface area contributed by atoms with Gasteiger partial charge in [0, 0.05) is 22.2 Å². The lowest BCUT2D eigenvalue weighted by atomic mass is 10.1. The first-order valence-corrected chi connectivity index (χ1v) is 7.62. The van der Waals surface area contributed by atoms with Crippen LogP contribution in [0.2, 0.25) is 0 Å². The third-order valence-electron chi connectivity index (χ3n) is 3.09. The van der Waals surface area contributed by atoms with Crippen molar-refractivity contribution in [3.63, 3.8) is 0 Å². The maximum Gasteiger partial charge on any atom is 0.340 e. The lowest BCUT2D eigenvalue weighted by Gasteiger charge is -2.07. The van der Waals surface area contributed by atoms with Gasteiger partial charge in [-0.2, -0.15) is 0 Å². The van der Waals surface area contributed by atoms with Crippen LogP contribution in [0.4, 0.5) is 18.9 Å². The molecule has 2 aromatic rings. The van der Waals surface area contributed by atoms with Crippen molar-refractivity contribution in [2.24, 2.45) is 0 Å². The molecule has 130 valence electrons. The molecule has 4 nitrogen and oxygen atoms in total. The van der Waals surface area contributed by atoms with Crippen molar-refractivity contribution in [3.8, 4) is 0 Å². The standard InChI is InChI=1S/C17H11BrF3NO3/c1-25-17(24)11-7-15(14(21)8-13(11)20)22-16(23)5-2-9-6-10(18)3-4-12(9)19/h2-8H,1H3,(H,22,23)/b5-2+. The highest BCUT2D eigenvalue weighted by molar-refractivity contribution is 9.10. The van der Waals surface area contributed by atoms with E-state index in [1.165, 1.54) is 24.3 Å². The van der Waals surface area contributed by atoms with Crippen LogP contribution >= 0.6 is 15.9 Å². The van der Waals surface area contributed by atoms with E-state index in [1.807, 2.05) is 0 Å². The third kappa shape index (κ3) is 4.69. The molecule has 2 aromatic carbocycles. The van der Waals surface area contributed by atoms with E-state index in [0.29, 0.717) is 10.5 Å². The predicted molar refractivity (Wildman–Crippen MR) is 89.5 cm³/mol. The fraction of sp³-hybridized carbons (Fsp3) is 0.0588. The van der Waals surface area contributed by atoms with Gasteiger partial charge in [0.15, 0.2) is 0 Å². The Labute approximate surface area is 149 Å². The van der Waals surface area contributed by atoms with Crippen molar-refractivity contribution in [1.29, 1.82) is 0 Å². The number of halogens is 4. The Kier molecular flexibility index (Phi) is 5.97. The predicted octanol–water partition coefficient (Wildman–Crippen LogP) is 4.30. The molecule has 8 heteroatoms. The first-order valence-electron chi connectivity index (χ1n) is 6.83. The van der Waals surface area contributed by atoms with Gasteiger partial charge in [0.1, 0.15) is 17.5 Å². The van der Waals surface area contributed by atoms with Crippen LogP contribution in [0.25, 0.3) is 6.08 Å². The Morgan fingerprint density at radius 3 is 2.48 bits per heavy atom. The Morgan fingerprint density at radius 1 is 1.08 bits per heavy atom. The molecule has 0 heterocycles. The molecule has 0 saturated carbocycles. The summed E-state index contributed by atoms with van der Waals surface area (Å²) >= 11 is 3.17. The van der Waals surface area contributed by atoms with Crippen molar-refractivity contribution in [3.05, 3.63) is 69.5 Å². The Balaban J connectivity index is 2.21. The van der Waals surface area contributed by atoms with Gasteiger partial charge in [0.05, 0.1) is 18.4 Å². The van der Waals surface area contributed by atoms with Gasteiger partial charge in [-0.25, -0.2) is 18.0 Å². The van der Waals surface area contributed by atoms with Crippen LogP contribution in [0.1, 0.15) is 15.9 Å². The van der Waals surface area contributed by atoms with Crippen LogP contribution in [0.3, 0.4) is 0 Å². The summed E-state index contributed by atoms with van der Waals surface area (Å²) in [6.07, 6.45) is 2.17. The quantitative estimate of drug-likeness (QED) is 0.600. The minimum atomic E-state index is -1.12. The molecule has 0 aliphatic carbocycles. The maximum atomic E-state index is 13.7. The van der Waals surface area contributed by atoms with Crippen LogP contribution < -0.4 is 5.32 Å². The fourth-order valence-corrected chi connectivity index (χ4v) is 2.27. The fourth-order valence-electron chi connectivity index (χ4n) is 1.89. The van der Waals surface area contributed by atoms with Gasteiger partial charge in [-0.05, 0) is 30.3 Å². The number of rotatable bonds is 4. The number of carbonyl (C=O) groups is 2. The molecule has 2 rings (SSSR count). The number of hydrogen-bond donors (Lipinski definition) is 1. The zero-order valence-electron chi connectivity index (χ0n) is 12.8. The van der Waals surface area contributed by atoms with Crippen LogP contribution in [-0.4, -0.2) is 19.0 Å². The normalized spacial score (nSPS) is 10.8. The maximum absolute atomic E-state index is 13.7. The van der Waals surface area contributed by atoms with Crippen LogP contribution in [0.15, 0.2) is 40.9 Å². The summed E-state index contributed by atoms with van der Waals surface area (Å²) in [5, 5.41) is 2.15. The number of benzene rings is 2. The lowest BCUT2D eigenvalue weighted by molar-refractivity contribution is -0.111. The van der Waals surface area contributed by atoms with Crippen molar-refractivity contribution in [1.82, 2.24) is 0 Å². The second-order valence-corrected chi connectivity index (χ2v) is 5.71. The largest absolute Gasteiger partial charge is 0.465 e. The molecular formula is C17H11BrF3NO3. The Morgan fingerprint density at radius 2 is 1.80 bits per heavy atom. The number of anilines is 1. The first-order chi connectivity index (χ1) is 11.8. The van der Waals surface area contributed by atoms with Crippen molar-refractivity contribution in [2.45, 2.75) is 0 Å². The molecule has 0 spiro atoms. The Hall–Kier alpha value is -2.61. The molecule has 25 heavy (non-hydrogen) atoms. The summed E-state index contributed by atoms with van der Waals surface area (Å²) in [5.74, 6) is -4.54. The molecule has 0 fully saturated rings. The molecule has 1 amide bonds. The monoisotopic (exact) mass is 413 g/mol. The molecule has 0 atom stereocenters. The number of amides is 1. The van der Waals surface area contributed by atoms with E-state index in [4.69, 9.17) is 0 Å². The molecule has 1 N–H and O–H groups in total. The van der Waals surface area contributed by atoms with Crippen LogP contribution in [-0.2, 0) is 9.53 Å². The van der Waals surface area contributed by atoms with Gasteiger partial charge in [-0.3, -0.25) is 4.79 Å². The highest BCUT2D eigenvalue weighted by Gasteiger charge is 2.17. The van der Waals surface area contributed by atoms with Crippen molar-refractivity contribution >= 4 is 39.6 Å². The second kappa shape index (κ2) is 7.98. The molecule has 0 aliphatic heterocycles. The minimum Gasteiger partial charge on any atom is -0.465 e. The van der Waals surface area contributed by atoms with Gasteiger partial charge in [0.2, 0.25) is 5.91 Å².